The van der Waals surface area contributed by atoms with Crippen molar-refractivity contribution in [1.82, 2.24) is 10.6 Å². The SMILES string of the molecule is CCNC(=O)CNC(=O)c1ccc(F)cc1. The number of nitrogens with one attached hydrogen (secondary N) is 2. The molecule has 0 spiro atoms. The largest absolute Gasteiger partial charge is 0.355 e. The molecule has 0 bridgehead atoms. The minimum atomic E-state index is -0.403. The molecule has 0 saturated carbocycles. The number of carbonyl (C=O) groups excluding carboxylic acids is 2. The van der Waals surface area contributed by atoms with Crippen LogP contribution in [0.15, 0.2) is 24.3 Å². The van der Waals surface area contributed by atoms with Gasteiger partial charge in [-0.2, -0.15) is 0 Å². The average Bonchev–Trinajstić information content (AvgIpc) is 2.27. The number of halogens is 1. The number of rotatable bonds is 4. The maximum Gasteiger partial charge on any atom is 0.251 e. The van der Waals surface area contributed by atoms with E-state index in [1.807, 2.05) is 0 Å². The second-order valence-electron chi connectivity index (χ2n) is 3.14. The van der Waals surface area contributed by atoms with E-state index in [0.717, 1.165) is 0 Å². The number of hydrogen-bond acceptors (Lipinski definition) is 2. The number of likely N-dealkylation sites (N-methyl/N-ethyl adjacent to an activating group) is 1. The van der Waals surface area contributed by atoms with Gasteiger partial charge in [0, 0.05) is 12.1 Å². The molecule has 1 aromatic carbocycles. The summed E-state index contributed by atoms with van der Waals surface area (Å²) in [6.07, 6.45) is 0. The van der Waals surface area contributed by atoms with Gasteiger partial charge in [0.2, 0.25) is 5.91 Å². The van der Waals surface area contributed by atoms with Crippen LogP contribution in [0.5, 0.6) is 0 Å². The van der Waals surface area contributed by atoms with Gasteiger partial charge in [-0.15, -0.1) is 0 Å². The van der Waals surface area contributed by atoms with Gasteiger partial charge in [0.05, 0.1) is 6.54 Å². The van der Waals surface area contributed by atoms with Crippen molar-refractivity contribution >= 4 is 11.8 Å². The Hall–Kier alpha value is -1.91. The fourth-order valence-electron chi connectivity index (χ4n) is 1.12. The van der Waals surface area contributed by atoms with Gasteiger partial charge in [0.1, 0.15) is 5.82 Å². The molecule has 0 atom stereocenters. The zero-order valence-electron chi connectivity index (χ0n) is 8.92. The Balaban J connectivity index is 2.47. The first kappa shape index (κ1) is 12.2. The zero-order valence-corrected chi connectivity index (χ0v) is 8.92. The summed E-state index contributed by atoms with van der Waals surface area (Å²) in [6, 6.07) is 5.12. The van der Waals surface area contributed by atoms with Crippen molar-refractivity contribution in [2.24, 2.45) is 0 Å². The molecule has 0 aliphatic rings. The Morgan fingerprint density at radius 3 is 2.38 bits per heavy atom. The van der Waals surface area contributed by atoms with Gasteiger partial charge in [0.25, 0.3) is 5.91 Å². The van der Waals surface area contributed by atoms with Crippen LogP contribution in [0, 0.1) is 5.82 Å². The van der Waals surface area contributed by atoms with E-state index >= 15 is 0 Å². The van der Waals surface area contributed by atoms with Crippen LogP contribution >= 0.6 is 0 Å². The third kappa shape index (κ3) is 3.68. The minimum absolute atomic E-state index is 0.0793. The van der Waals surface area contributed by atoms with Crippen LogP contribution in [-0.2, 0) is 4.79 Å². The maximum atomic E-state index is 12.6. The maximum absolute atomic E-state index is 12.6. The summed E-state index contributed by atoms with van der Waals surface area (Å²) in [5.74, 6) is -1.05. The van der Waals surface area contributed by atoms with Gasteiger partial charge in [-0.05, 0) is 31.2 Å². The lowest BCUT2D eigenvalue weighted by Crippen LogP contribution is -2.36. The van der Waals surface area contributed by atoms with Gasteiger partial charge in [-0.1, -0.05) is 0 Å². The molecule has 0 aliphatic carbocycles. The lowest BCUT2D eigenvalue weighted by Gasteiger charge is -2.05. The lowest BCUT2D eigenvalue weighted by atomic mass is 10.2. The Bertz CT molecular complexity index is 376. The normalized spacial score (nSPS) is 9.62. The summed E-state index contributed by atoms with van der Waals surface area (Å²) >= 11 is 0. The zero-order chi connectivity index (χ0) is 12.0. The smallest absolute Gasteiger partial charge is 0.251 e. The van der Waals surface area contributed by atoms with Crippen LogP contribution in [-0.4, -0.2) is 24.9 Å². The fraction of sp³-hybridized carbons (Fsp3) is 0.273. The molecule has 0 unspecified atom stereocenters. The van der Waals surface area contributed by atoms with Crippen molar-refractivity contribution in [2.45, 2.75) is 6.92 Å². The van der Waals surface area contributed by atoms with Crippen molar-refractivity contribution in [1.29, 1.82) is 0 Å². The highest BCUT2D eigenvalue weighted by Crippen LogP contribution is 2.01. The van der Waals surface area contributed by atoms with Crippen LogP contribution in [0.4, 0.5) is 4.39 Å². The van der Waals surface area contributed by atoms with Crippen molar-refractivity contribution in [2.75, 3.05) is 13.1 Å². The molecule has 1 rings (SSSR count). The van der Waals surface area contributed by atoms with E-state index in [9.17, 15) is 14.0 Å². The summed E-state index contributed by atoms with van der Waals surface area (Å²) in [7, 11) is 0. The molecule has 0 fully saturated rings. The van der Waals surface area contributed by atoms with E-state index in [4.69, 9.17) is 0 Å². The number of hydrogen-bond donors (Lipinski definition) is 2. The molecule has 2 N–H and O–H groups in total. The molecule has 0 heterocycles. The van der Waals surface area contributed by atoms with Gasteiger partial charge in [-0.3, -0.25) is 9.59 Å². The van der Waals surface area contributed by atoms with Crippen LogP contribution in [0.2, 0.25) is 0 Å². The monoisotopic (exact) mass is 224 g/mol. The molecule has 0 aliphatic heterocycles. The molecule has 0 aromatic heterocycles. The Morgan fingerprint density at radius 2 is 1.81 bits per heavy atom. The van der Waals surface area contributed by atoms with E-state index in [0.29, 0.717) is 12.1 Å². The summed E-state index contributed by atoms with van der Waals surface area (Å²) in [5, 5.41) is 4.98. The second kappa shape index (κ2) is 5.85. The number of amides is 2. The number of benzene rings is 1. The van der Waals surface area contributed by atoms with Crippen LogP contribution in [0.25, 0.3) is 0 Å². The Labute approximate surface area is 92.8 Å². The molecule has 16 heavy (non-hydrogen) atoms. The summed E-state index contributed by atoms with van der Waals surface area (Å²) in [6.45, 7) is 2.23. The van der Waals surface area contributed by atoms with E-state index in [-0.39, 0.29) is 12.5 Å². The lowest BCUT2D eigenvalue weighted by molar-refractivity contribution is -0.120. The van der Waals surface area contributed by atoms with E-state index in [1.165, 1.54) is 24.3 Å². The van der Waals surface area contributed by atoms with Gasteiger partial charge < -0.3 is 10.6 Å². The van der Waals surface area contributed by atoms with Crippen LogP contribution < -0.4 is 10.6 Å². The van der Waals surface area contributed by atoms with Gasteiger partial charge >= 0.3 is 0 Å². The first-order valence-electron chi connectivity index (χ1n) is 4.94. The Kier molecular flexibility index (Phi) is 4.44. The third-order valence-corrected chi connectivity index (χ3v) is 1.89. The molecule has 0 radical (unpaired) electrons. The van der Waals surface area contributed by atoms with Gasteiger partial charge in [-0.25, -0.2) is 4.39 Å². The third-order valence-electron chi connectivity index (χ3n) is 1.89. The molecule has 4 nitrogen and oxygen atoms in total. The first-order chi connectivity index (χ1) is 7.63. The molecule has 1 aromatic rings. The highest BCUT2D eigenvalue weighted by Gasteiger charge is 2.06. The highest BCUT2D eigenvalue weighted by molar-refractivity contribution is 5.96. The summed E-state index contributed by atoms with van der Waals surface area (Å²) < 4.78 is 12.6. The van der Waals surface area contributed by atoms with Crippen LogP contribution in [0.1, 0.15) is 17.3 Å². The van der Waals surface area contributed by atoms with Crippen molar-refractivity contribution < 1.29 is 14.0 Å². The Morgan fingerprint density at radius 1 is 1.19 bits per heavy atom. The molecular formula is C11H13FN2O2. The predicted molar refractivity (Wildman–Crippen MR) is 57.4 cm³/mol. The average molecular weight is 224 g/mol. The van der Waals surface area contributed by atoms with Crippen molar-refractivity contribution in [3.05, 3.63) is 35.6 Å². The summed E-state index contributed by atoms with van der Waals surface area (Å²) in [4.78, 5) is 22.5. The molecular weight excluding hydrogens is 211 g/mol. The molecule has 86 valence electrons. The second-order valence-corrected chi connectivity index (χ2v) is 3.14. The highest BCUT2D eigenvalue weighted by atomic mass is 19.1. The van der Waals surface area contributed by atoms with E-state index in [1.54, 1.807) is 6.92 Å². The first-order valence-corrected chi connectivity index (χ1v) is 4.94. The fourth-order valence-corrected chi connectivity index (χ4v) is 1.12. The summed E-state index contributed by atoms with van der Waals surface area (Å²) in [5.41, 5.74) is 0.325. The van der Waals surface area contributed by atoms with E-state index in [2.05, 4.69) is 10.6 Å². The van der Waals surface area contributed by atoms with Crippen molar-refractivity contribution in [3.8, 4) is 0 Å². The quantitative estimate of drug-likeness (QED) is 0.790. The van der Waals surface area contributed by atoms with E-state index < -0.39 is 11.7 Å². The van der Waals surface area contributed by atoms with Crippen molar-refractivity contribution in [3.63, 3.8) is 0 Å². The van der Waals surface area contributed by atoms with Crippen LogP contribution in [0.3, 0.4) is 0 Å². The van der Waals surface area contributed by atoms with Gasteiger partial charge in [0.15, 0.2) is 0 Å². The molecule has 5 heteroatoms. The standard InChI is InChI=1S/C11H13FN2O2/c1-2-13-10(15)7-14-11(16)8-3-5-9(12)6-4-8/h3-6H,2,7H2,1H3,(H,13,15)(H,14,16). The topological polar surface area (TPSA) is 58.2 Å². The number of carbonyl (C=O) groups is 2. The minimum Gasteiger partial charge on any atom is -0.355 e. The molecule has 2 amide bonds. The molecule has 0 saturated heterocycles. The predicted octanol–water partition coefficient (Wildman–Crippen LogP) is 0.692.